The van der Waals surface area contributed by atoms with Crippen molar-refractivity contribution in [3.63, 3.8) is 0 Å². The number of benzene rings is 1. The Bertz CT molecular complexity index is 1080. The summed E-state index contributed by atoms with van der Waals surface area (Å²) in [5, 5.41) is 3.41. The summed E-state index contributed by atoms with van der Waals surface area (Å²) in [5.41, 5.74) is 4.76. The van der Waals surface area contributed by atoms with Crippen molar-refractivity contribution in [3.8, 4) is 0 Å². The summed E-state index contributed by atoms with van der Waals surface area (Å²) in [6.45, 7) is 4.09. The standard InChI is InChI=1S/C24H27N5O/c30-24(26-22-15-27-9-5-18(22)6-10-27)29-12-8-17-3-1-2-4-21(17)23(29)19-7-11-28-16-25-14-20(28)13-19/h1-4,7,11,13-14,16,18,22-23H,5-6,8-10,12,15H2,(H,26,30)/t22-,23-/m1/s1. The first-order chi connectivity index (χ1) is 14.8. The molecule has 1 aromatic carbocycles. The summed E-state index contributed by atoms with van der Waals surface area (Å²) in [5.74, 6) is 0.623. The van der Waals surface area contributed by atoms with E-state index >= 15 is 0 Å². The van der Waals surface area contributed by atoms with E-state index in [2.05, 4.69) is 51.6 Å². The summed E-state index contributed by atoms with van der Waals surface area (Å²) in [4.78, 5) is 22.3. The Morgan fingerprint density at radius 2 is 1.97 bits per heavy atom. The molecular formula is C24H27N5O. The van der Waals surface area contributed by atoms with E-state index in [0.717, 1.165) is 30.6 Å². The quantitative estimate of drug-likeness (QED) is 0.718. The van der Waals surface area contributed by atoms with E-state index in [4.69, 9.17) is 0 Å². The van der Waals surface area contributed by atoms with Gasteiger partial charge in [-0.25, -0.2) is 9.78 Å². The van der Waals surface area contributed by atoms with Crippen LogP contribution < -0.4 is 5.32 Å². The summed E-state index contributed by atoms with van der Waals surface area (Å²) < 4.78 is 2.01. The highest BCUT2D eigenvalue weighted by molar-refractivity contribution is 5.76. The Balaban J connectivity index is 1.34. The van der Waals surface area contributed by atoms with Crippen LogP contribution in [0.15, 0.2) is 55.1 Å². The Kier molecular flexibility index (Phi) is 4.27. The average Bonchev–Trinajstić information content (AvgIpc) is 3.27. The van der Waals surface area contributed by atoms with Gasteiger partial charge in [-0.1, -0.05) is 24.3 Å². The minimum absolute atomic E-state index is 0.0710. The third kappa shape index (κ3) is 2.98. The van der Waals surface area contributed by atoms with Crippen molar-refractivity contribution in [2.24, 2.45) is 5.92 Å². The van der Waals surface area contributed by atoms with Gasteiger partial charge in [0.15, 0.2) is 0 Å². The van der Waals surface area contributed by atoms with E-state index in [-0.39, 0.29) is 18.1 Å². The molecular weight excluding hydrogens is 374 g/mol. The largest absolute Gasteiger partial charge is 0.334 e. The second kappa shape index (κ2) is 7.13. The predicted octanol–water partition coefficient (Wildman–Crippen LogP) is 3.09. The average molecular weight is 402 g/mol. The molecule has 2 amide bonds. The minimum atomic E-state index is -0.0732. The maximum Gasteiger partial charge on any atom is 0.318 e. The number of aromatic nitrogens is 2. The van der Waals surface area contributed by atoms with Crippen LogP contribution in [-0.2, 0) is 6.42 Å². The van der Waals surface area contributed by atoms with Crippen molar-refractivity contribution in [1.82, 2.24) is 24.5 Å². The molecule has 154 valence electrons. The van der Waals surface area contributed by atoms with Crippen molar-refractivity contribution in [3.05, 3.63) is 71.8 Å². The molecule has 2 bridgehead atoms. The zero-order valence-corrected chi connectivity index (χ0v) is 17.1. The first-order valence-corrected chi connectivity index (χ1v) is 11.1. The van der Waals surface area contributed by atoms with Crippen LogP contribution in [0.5, 0.6) is 0 Å². The zero-order chi connectivity index (χ0) is 20.1. The molecule has 6 heteroatoms. The Morgan fingerprint density at radius 3 is 2.80 bits per heavy atom. The number of carbonyl (C=O) groups is 1. The molecule has 30 heavy (non-hydrogen) atoms. The van der Waals surface area contributed by atoms with Crippen LogP contribution in [0.4, 0.5) is 4.79 Å². The van der Waals surface area contributed by atoms with Gasteiger partial charge in [0.25, 0.3) is 0 Å². The number of hydrogen-bond acceptors (Lipinski definition) is 3. The first-order valence-electron chi connectivity index (χ1n) is 11.1. The molecule has 6 heterocycles. The van der Waals surface area contributed by atoms with Gasteiger partial charge >= 0.3 is 6.03 Å². The summed E-state index contributed by atoms with van der Waals surface area (Å²) in [6.07, 6.45) is 9.03. The Labute approximate surface area is 176 Å². The van der Waals surface area contributed by atoms with Crippen LogP contribution in [-0.4, -0.2) is 57.4 Å². The number of rotatable bonds is 2. The second-order valence-corrected chi connectivity index (χ2v) is 8.92. The smallest absolute Gasteiger partial charge is 0.318 e. The first kappa shape index (κ1) is 18.0. The number of pyridine rings is 1. The van der Waals surface area contributed by atoms with Crippen molar-refractivity contribution >= 4 is 11.5 Å². The van der Waals surface area contributed by atoms with E-state index in [0.29, 0.717) is 5.92 Å². The number of nitrogens with one attached hydrogen (secondary N) is 1. The van der Waals surface area contributed by atoms with Crippen LogP contribution in [0.1, 0.15) is 35.6 Å². The van der Waals surface area contributed by atoms with Crippen molar-refractivity contribution in [2.45, 2.75) is 31.3 Å². The molecule has 0 radical (unpaired) electrons. The molecule has 3 fully saturated rings. The number of hydrogen-bond donors (Lipinski definition) is 1. The predicted molar refractivity (Wildman–Crippen MR) is 115 cm³/mol. The molecule has 2 atom stereocenters. The fourth-order valence-corrected chi connectivity index (χ4v) is 5.62. The number of urea groups is 1. The van der Waals surface area contributed by atoms with E-state index in [1.165, 1.54) is 37.1 Å². The molecule has 4 aliphatic rings. The highest BCUT2D eigenvalue weighted by Crippen LogP contribution is 2.36. The Hall–Kier alpha value is -2.86. The van der Waals surface area contributed by atoms with Gasteiger partial charge < -0.3 is 19.5 Å². The van der Waals surface area contributed by atoms with Crippen LogP contribution >= 0.6 is 0 Å². The highest BCUT2D eigenvalue weighted by atomic mass is 16.2. The molecule has 1 N–H and O–H groups in total. The van der Waals surface area contributed by atoms with Gasteiger partial charge in [-0.05, 0) is 67.1 Å². The molecule has 0 unspecified atom stereocenters. The fourth-order valence-electron chi connectivity index (χ4n) is 5.62. The van der Waals surface area contributed by atoms with Gasteiger partial charge in [-0.3, -0.25) is 0 Å². The lowest BCUT2D eigenvalue weighted by molar-refractivity contribution is 0.0715. The lowest BCUT2D eigenvalue weighted by Gasteiger charge is -2.46. The zero-order valence-electron chi connectivity index (χ0n) is 17.1. The second-order valence-electron chi connectivity index (χ2n) is 8.92. The molecule has 0 aliphatic carbocycles. The number of imidazole rings is 1. The van der Waals surface area contributed by atoms with Crippen LogP contribution in [0, 0.1) is 5.92 Å². The molecule has 0 spiro atoms. The monoisotopic (exact) mass is 401 g/mol. The van der Waals surface area contributed by atoms with E-state index < -0.39 is 0 Å². The third-order valence-corrected chi connectivity index (χ3v) is 7.26. The molecule has 6 nitrogen and oxygen atoms in total. The molecule has 7 rings (SSSR count). The number of piperidine rings is 3. The van der Waals surface area contributed by atoms with Crippen molar-refractivity contribution in [1.29, 1.82) is 0 Å². The Morgan fingerprint density at radius 1 is 1.10 bits per heavy atom. The van der Waals surface area contributed by atoms with Gasteiger partial charge in [-0.2, -0.15) is 0 Å². The van der Waals surface area contributed by atoms with Gasteiger partial charge in [0, 0.05) is 25.3 Å². The molecule has 0 saturated carbocycles. The number of carbonyl (C=O) groups excluding carboxylic acids is 1. The minimum Gasteiger partial charge on any atom is -0.334 e. The van der Waals surface area contributed by atoms with Crippen molar-refractivity contribution in [2.75, 3.05) is 26.2 Å². The maximum absolute atomic E-state index is 13.5. The van der Waals surface area contributed by atoms with Crippen LogP contribution in [0.2, 0.25) is 0 Å². The van der Waals surface area contributed by atoms with Crippen LogP contribution in [0.3, 0.4) is 0 Å². The van der Waals surface area contributed by atoms with Crippen molar-refractivity contribution < 1.29 is 4.79 Å². The van der Waals surface area contributed by atoms with Gasteiger partial charge in [0.05, 0.1) is 24.1 Å². The summed E-state index contributed by atoms with van der Waals surface area (Å²) >= 11 is 0. The van der Waals surface area contributed by atoms with E-state index in [1.54, 1.807) is 0 Å². The van der Waals surface area contributed by atoms with Gasteiger partial charge in [0.2, 0.25) is 0 Å². The number of fused-ring (bicyclic) bond motifs is 5. The summed E-state index contributed by atoms with van der Waals surface area (Å²) in [7, 11) is 0. The lowest BCUT2D eigenvalue weighted by atomic mass is 9.84. The van der Waals surface area contributed by atoms with E-state index in [9.17, 15) is 4.79 Å². The molecule has 2 aromatic heterocycles. The van der Waals surface area contributed by atoms with Gasteiger partial charge in [0.1, 0.15) is 0 Å². The SMILES string of the molecule is O=C(N[C@@H]1CN2CCC1CC2)N1CCc2ccccc2[C@H]1c1ccn2cncc2c1. The van der Waals surface area contributed by atoms with E-state index in [1.807, 2.05) is 28.0 Å². The maximum atomic E-state index is 13.5. The van der Waals surface area contributed by atoms with Crippen LogP contribution in [0.25, 0.3) is 5.52 Å². The normalized spacial score (nSPS) is 27.8. The number of amides is 2. The highest BCUT2D eigenvalue weighted by Gasteiger charge is 2.38. The summed E-state index contributed by atoms with van der Waals surface area (Å²) in [6, 6.07) is 13.1. The fraction of sp³-hybridized carbons (Fsp3) is 0.417. The molecule has 3 aromatic rings. The third-order valence-electron chi connectivity index (χ3n) is 7.26. The molecule has 4 aliphatic heterocycles. The lowest BCUT2D eigenvalue weighted by Crippen LogP contribution is -2.59. The topological polar surface area (TPSA) is 52.9 Å². The number of nitrogens with zero attached hydrogens (tertiary/aromatic N) is 4. The van der Waals surface area contributed by atoms with Gasteiger partial charge in [-0.15, -0.1) is 0 Å². The molecule has 3 saturated heterocycles.